The molecule has 2 heterocycles. The highest BCUT2D eigenvalue weighted by Crippen LogP contribution is 2.36. The summed E-state index contributed by atoms with van der Waals surface area (Å²) in [6, 6.07) is 14.3. The quantitative estimate of drug-likeness (QED) is 0.767. The van der Waals surface area contributed by atoms with E-state index < -0.39 is 37.0 Å². The second kappa shape index (κ2) is 8.65. The zero-order chi connectivity index (χ0) is 19.7. The lowest BCUT2D eigenvalue weighted by Gasteiger charge is -2.41. The number of rotatable bonds is 2. The van der Waals surface area contributed by atoms with Crippen LogP contribution in [-0.4, -0.2) is 47.8 Å². The minimum absolute atomic E-state index is 0.0366. The minimum Gasteiger partial charge on any atom is -0.387 e. The van der Waals surface area contributed by atoms with Gasteiger partial charge in [0.05, 0.1) is 13.2 Å². The summed E-state index contributed by atoms with van der Waals surface area (Å²) in [5, 5.41) is 22.1. The van der Waals surface area contributed by atoms with Crippen molar-refractivity contribution in [2.45, 2.75) is 37.0 Å². The summed E-state index contributed by atoms with van der Waals surface area (Å²) in [6.45, 7) is -0.0731. The highest BCUT2D eigenvalue weighted by molar-refractivity contribution is 6.31. The Kier molecular flexibility index (Phi) is 6.20. The van der Waals surface area contributed by atoms with Crippen LogP contribution in [-0.2, 0) is 18.9 Å². The Hall–Kier alpha value is -1.22. The lowest BCUT2D eigenvalue weighted by atomic mass is 10.0. The van der Waals surface area contributed by atoms with Gasteiger partial charge in [-0.2, -0.15) is 0 Å². The zero-order valence-electron chi connectivity index (χ0n) is 14.8. The predicted octanol–water partition coefficient (Wildman–Crippen LogP) is 3.24. The van der Waals surface area contributed by atoms with E-state index in [2.05, 4.69) is 0 Å². The van der Waals surface area contributed by atoms with E-state index in [4.69, 9.17) is 42.1 Å². The summed E-state index contributed by atoms with van der Waals surface area (Å²) in [7, 11) is 0. The molecule has 0 spiro atoms. The smallest absolute Gasteiger partial charge is 0.185 e. The summed E-state index contributed by atoms with van der Waals surface area (Å²) >= 11 is 12.5. The molecule has 0 radical (unpaired) electrons. The number of halogens is 2. The zero-order valence-corrected chi connectivity index (χ0v) is 16.3. The van der Waals surface area contributed by atoms with Gasteiger partial charge in [0.1, 0.15) is 24.4 Å². The van der Waals surface area contributed by atoms with E-state index in [1.807, 2.05) is 12.1 Å². The van der Waals surface area contributed by atoms with Gasteiger partial charge >= 0.3 is 0 Å². The molecule has 2 aromatic carbocycles. The van der Waals surface area contributed by atoms with Crippen LogP contribution in [0.3, 0.4) is 0 Å². The first-order valence-corrected chi connectivity index (χ1v) is 9.69. The Morgan fingerprint density at radius 2 is 1.07 bits per heavy atom. The van der Waals surface area contributed by atoms with Gasteiger partial charge in [-0.25, -0.2) is 0 Å². The van der Waals surface area contributed by atoms with Gasteiger partial charge < -0.3 is 29.2 Å². The molecule has 0 saturated carbocycles. The normalized spacial score (nSPS) is 33.6. The van der Waals surface area contributed by atoms with E-state index in [0.29, 0.717) is 21.2 Å². The molecular formula is C20H20Cl2O6. The highest BCUT2D eigenvalue weighted by Gasteiger charge is 2.42. The molecular weight excluding hydrogens is 407 g/mol. The largest absolute Gasteiger partial charge is 0.387 e. The number of benzene rings is 2. The van der Waals surface area contributed by atoms with Crippen molar-refractivity contribution in [2.75, 3.05) is 13.2 Å². The van der Waals surface area contributed by atoms with Crippen LogP contribution in [0.25, 0.3) is 0 Å². The molecule has 8 heteroatoms. The van der Waals surface area contributed by atoms with E-state index in [-0.39, 0.29) is 13.2 Å². The third-order valence-electron chi connectivity index (χ3n) is 4.85. The van der Waals surface area contributed by atoms with Crippen molar-refractivity contribution >= 4 is 23.2 Å². The van der Waals surface area contributed by atoms with E-state index in [1.54, 1.807) is 36.4 Å². The molecule has 0 amide bonds. The van der Waals surface area contributed by atoms with Crippen LogP contribution in [0.1, 0.15) is 23.7 Å². The summed E-state index contributed by atoms with van der Waals surface area (Å²) in [6.07, 6.45) is -5.79. The highest BCUT2D eigenvalue weighted by atomic mass is 35.5. The number of hydrogen-bond donors (Lipinski definition) is 2. The van der Waals surface area contributed by atoms with E-state index in [9.17, 15) is 10.2 Å². The molecule has 2 saturated heterocycles. The van der Waals surface area contributed by atoms with Crippen molar-refractivity contribution < 1.29 is 29.2 Å². The Morgan fingerprint density at radius 1 is 0.679 bits per heavy atom. The molecule has 4 rings (SSSR count). The molecule has 2 aromatic rings. The molecule has 150 valence electrons. The first kappa shape index (κ1) is 20.1. The number of hydrogen-bond acceptors (Lipinski definition) is 6. The third-order valence-corrected chi connectivity index (χ3v) is 5.54. The first-order chi connectivity index (χ1) is 13.5. The number of aliphatic hydroxyl groups is 2. The Bertz CT molecular complexity index is 751. The molecule has 6 nitrogen and oxygen atoms in total. The van der Waals surface area contributed by atoms with Crippen LogP contribution in [0.2, 0.25) is 10.0 Å². The molecule has 0 aromatic heterocycles. The Labute approximate surface area is 172 Å². The van der Waals surface area contributed by atoms with Crippen LogP contribution in [0, 0.1) is 0 Å². The topological polar surface area (TPSA) is 77.4 Å². The fourth-order valence-corrected chi connectivity index (χ4v) is 3.75. The standard InChI is InChI=1S/C20H20Cl2O6/c21-13-7-3-1-5-11(13)19-25-9-16-18(24)17(23)15(27-19)10-26-20(28-16)12-6-2-4-8-14(12)22/h1-8,15-20,23-24H,9-10H2/t15-,16+,17-,18-,19?,20?/m1/s1. The summed E-state index contributed by atoms with van der Waals surface area (Å²) < 4.78 is 23.6. The lowest BCUT2D eigenvalue weighted by Crippen LogP contribution is -2.54. The Balaban J connectivity index is 1.62. The maximum atomic E-state index is 10.6. The van der Waals surface area contributed by atoms with Crippen molar-refractivity contribution in [1.82, 2.24) is 0 Å². The second-order valence-electron chi connectivity index (χ2n) is 6.70. The minimum atomic E-state index is -1.22. The monoisotopic (exact) mass is 426 g/mol. The lowest BCUT2D eigenvalue weighted by molar-refractivity contribution is -0.317. The fourth-order valence-electron chi connectivity index (χ4n) is 3.30. The van der Waals surface area contributed by atoms with Crippen LogP contribution in [0.15, 0.2) is 48.5 Å². The number of ether oxygens (including phenoxy) is 4. The summed E-state index contributed by atoms with van der Waals surface area (Å²) in [5.41, 5.74) is 1.25. The predicted molar refractivity (Wildman–Crippen MR) is 102 cm³/mol. The number of fused-ring (bicyclic) bond motifs is 3. The van der Waals surface area contributed by atoms with E-state index in [0.717, 1.165) is 0 Å². The molecule has 2 bridgehead atoms. The summed E-state index contributed by atoms with van der Waals surface area (Å²) in [4.78, 5) is 0. The van der Waals surface area contributed by atoms with Gasteiger partial charge in [0.2, 0.25) is 0 Å². The molecule has 6 atom stereocenters. The van der Waals surface area contributed by atoms with Crippen LogP contribution in [0.5, 0.6) is 0 Å². The molecule has 0 aliphatic carbocycles. The van der Waals surface area contributed by atoms with Gasteiger partial charge in [-0.1, -0.05) is 59.6 Å². The van der Waals surface area contributed by atoms with Crippen LogP contribution < -0.4 is 0 Å². The van der Waals surface area contributed by atoms with Crippen LogP contribution in [0.4, 0.5) is 0 Å². The van der Waals surface area contributed by atoms with Gasteiger partial charge in [-0.15, -0.1) is 0 Å². The van der Waals surface area contributed by atoms with Gasteiger partial charge in [-0.3, -0.25) is 0 Å². The Morgan fingerprint density at radius 3 is 1.46 bits per heavy atom. The van der Waals surface area contributed by atoms with Crippen molar-refractivity contribution in [3.8, 4) is 0 Å². The molecule has 28 heavy (non-hydrogen) atoms. The van der Waals surface area contributed by atoms with Gasteiger partial charge in [0.25, 0.3) is 0 Å². The van der Waals surface area contributed by atoms with Crippen molar-refractivity contribution in [3.63, 3.8) is 0 Å². The third kappa shape index (κ3) is 4.06. The van der Waals surface area contributed by atoms with Crippen molar-refractivity contribution in [1.29, 1.82) is 0 Å². The molecule has 2 aliphatic rings. The van der Waals surface area contributed by atoms with Gasteiger partial charge in [0, 0.05) is 21.2 Å². The van der Waals surface area contributed by atoms with Gasteiger partial charge in [-0.05, 0) is 12.1 Å². The maximum Gasteiger partial charge on any atom is 0.185 e. The first-order valence-electron chi connectivity index (χ1n) is 8.93. The van der Waals surface area contributed by atoms with Crippen molar-refractivity contribution in [3.05, 3.63) is 69.7 Å². The number of aliphatic hydroxyl groups excluding tert-OH is 2. The molecule has 2 fully saturated rings. The molecule has 2 unspecified atom stereocenters. The van der Waals surface area contributed by atoms with Crippen molar-refractivity contribution in [2.24, 2.45) is 0 Å². The average molecular weight is 427 g/mol. The SMILES string of the molecule is O[C@H]1[C@H](O)[C@H]2COC(c3ccccc3Cl)O[C@H]1COC(c1ccccc1Cl)O2. The summed E-state index contributed by atoms with van der Waals surface area (Å²) in [5.74, 6) is 0. The van der Waals surface area contributed by atoms with E-state index in [1.165, 1.54) is 0 Å². The van der Waals surface area contributed by atoms with Gasteiger partial charge in [0.15, 0.2) is 12.6 Å². The molecule has 2 N–H and O–H groups in total. The maximum absolute atomic E-state index is 10.6. The van der Waals surface area contributed by atoms with E-state index >= 15 is 0 Å². The average Bonchev–Trinajstić information content (AvgIpc) is 2.70. The molecule has 2 aliphatic heterocycles. The fraction of sp³-hybridized carbons (Fsp3) is 0.400. The van der Waals surface area contributed by atoms with Crippen LogP contribution >= 0.6 is 23.2 Å². The second-order valence-corrected chi connectivity index (χ2v) is 7.52.